The molecule has 46 heavy (non-hydrogen) atoms. The summed E-state index contributed by atoms with van der Waals surface area (Å²) in [6, 6.07) is 13.7. The Labute approximate surface area is 263 Å². The third-order valence-corrected chi connectivity index (χ3v) is 5.79. The van der Waals surface area contributed by atoms with E-state index in [1.807, 2.05) is 13.0 Å². The standard InChI is InChI=1S/C24H22N8O7.C7H10/c25-30-22(31-26)15-2-1-3-16(10-15)29-21(34)8-9-27-23(35)19-11-18(33)12-20(39-19)24(36)28-13-14-4-6-17(7-5-14)32(37)38;1-4-6-7(3)5-2/h1-7,10-12,25H,8-9,13,26H2,(H,27,35)(H,28,36)(H,29,34);4-6H,1-2H2,3H3/b30-25?,31-22-;7-6-. The van der Waals surface area contributed by atoms with Crippen LogP contribution in [0.1, 0.15) is 45.6 Å². The molecule has 238 valence electrons. The summed E-state index contributed by atoms with van der Waals surface area (Å²) in [6.07, 6.45) is 5.32. The van der Waals surface area contributed by atoms with E-state index in [4.69, 9.17) is 15.8 Å². The number of nitrogens with one attached hydrogen (secondary N) is 4. The largest absolute Gasteiger partial charge is 0.445 e. The molecule has 3 aromatic rings. The Morgan fingerprint density at radius 2 is 1.70 bits per heavy atom. The molecule has 0 saturated heterocycles. The number of nitrogens with two attached hydrogens (primary N) is 1. The van der Waals surface area contributed by atoms with Crippen molar-refractivity contribution in [2.45, 2.75) is 19.9 Å². The van der Waals surface area contributed by atoms with Crippen LogP contribution in [0.2, 0.25) is 0 Å². The minimum atomic E-state index is -0.812. The van der Waals surface area contributed by atoms with Gasteiger partial charge in [0.05, 0.1) is 4.92 Å². The number of nitrogens with zero attached hydrogens (tertiary/aromatic N) is 3. The lowest BCUT2D eigenvalue weighted by Gasteiger charge is -2.09. The van der Waals surface area contributed by atoms with Crippen molar-refractivity contribution in [2.75, 3.05) is 11.9 Å². The van der Waals surface area contributed by atoms with Gasteiger partial charge in [-0.15, -0.1) is 5.11 Å². The van der Waals surface area contributed by atoms with E-state index in [0.717, 1.165) is 17.7 Å². The molecular formula is C31H32N8O7. The fourth-order valence-corrected chi connectivity index (χ4v) is 3.46. The molecular weight excluding hydrogens is 596 g/mol. The summed E-state index contributed by atoms with van der Waals surface area (Å²) in [6.45, 7) is 8.95. The zero-order chi connectivity index (χ0) is 34.1. The van der Waals surface area contributed by atoms with Crippen molar-refractivity contribution in [1.82, 2.24) is 10.6 Å². The average Bonchev–Trinajstić information content (AvgIpc) is 3.04. The number of amidine groups is 1. The first-order valence-electron chi connectivity index (χ1n) is 13.4. The summed E-state index contributed by atoms with van der Waals surface area (Å²) in [7, 11) is 0. The number of nitro groups is 1. The van der Waals surface area contributed by atoms with Crippen LogP contribution < -0.4 is 27.2 Å². The summed E-state index contributed by atoms with van der Waals surface area (Å²) in [4.78, 5) is 59.3. The molecule has 1 aromatic heterocycles. The molecule has 0 bridgehead atoms. The summed E-state index contributed by atoms with van der Waals surface area (Å²) >= 11 is 0. The van der Waals surface area contributed by atoms with Gasteiger partial charge in [-0.2, -0.15) is 5.10 Å². The lowest BCUT2D eigenvalue weighted by Crippen LogP contribution is -2.29. The number of nitro benzene ring substituents is 1. The predicted molar refractivity (Wildman–Crippen MR) is 171 cm³/mol. The van der Waals surface area contributed by atoms with Crippen molar-refractivity contribution < 1.29 is 23.7 Å². The molecule has 0 atom stereocenters. The van der Waals surface area contributed by atoms with Gasteiger partial charge in [0.15, 0.2) is 22.8 Å². The molecule has 0 radical (unpaired) electrons. The lowest BCUT2D eigenvalue weighted by molar-refractivity contribution is -0.384. The van der Waals surface area contributed by atoms with E-state index in [-0.39, 0.29) is 31.0 Å². The van der Waals surface area contributed by atoms with Gasteiger partial charge >= 0.3 is 0 Å². The first-order valence-corrected chi connectivity index (χ1v) is 13.4. The Morgan fingerprint density at radius 3 is 2.24 bits per heavy atom. The lowest BCUT2D eigenvalue weighted by atomic mass is 10.2. The first-order chi connectivity index (χ1) is 22.0. The van der Waals surface area contributed by atoms with Crippen LogP contribution in [0, 0.1) is 15.6 Å². The highest BCUT2D eigenvalue weighted by Crippen LogP contribution is 2.13. The fourth-order valence-electron chi connectivity index (χ4n) is 3.46. The molecule has 0 unspecified atom stereocenters. The van der Waals surface area contributed by atoms with Crippen molar-refractivity contribution >= 4 is 34.9 Å². The van der Waals surface area contributed by atoms with Crippen molar-refractivity contribution in [3.8, 4) is 0 Å². The maximum atomic E-state index is 12.4. The minimum absolute atomic E-state index is 0.00675. The Kier molecular flexibility index (Phi) is 14.1. The van der Waals surface area contributed by atoms with Gasteiger partial charge in [0.1, 0.15) is 0 Å². The van der Waals surface area contributed by atoms with E-state index in [9.17, 15) is 29.3 Å². The van der Waals surface area contributed by atoms with Crippen molar-refractivity contribution in [3.63, 3.8) is 0 Å². The SMILES string of the molecule is C=C/C=C(/C)C=C.N=N/C(=N\N)c1cccc(NC(=O)CCNC(=O)c2cc(=O)cc(C(=O)NCc3ccc([N+](=O)[O-])cc3)o2)c1. The zero-order valence-corrected chi connectivity index (χ0v) is 24.8. The van der Waals surface area contributed by atoms with Crippen LogP contribution in [0.3, 0.4) is 0 Å². The molecule has 0 fully saturated rings. The Hall–Kier alpha value is -6.51. The van der Waals surface area contributed by atoms with Gasteiger partial charge in [-0.25, -0.2) is 5.53 Å². The molecule has 15 nitrogen and oxygen atoms in total. The summed E-state index contributed by atoms with van der Waals surface area (Å²) < 4.78 is 5.27. The molecule has 1 heterocycles. The topological polar surface area (TPSA) is 235 Å². The van der Waals surface area contributed by atoms with Crippen LogP contribution in [0.5, 0.6) is 0 Å². The van der Waals surface area contributed by atoms with Gasteiger partial charge in [0.25, 0.3) is 17.5 Å². The number of non-ortho nitro benzene ring substituents is 1. The number of carbonyl (C=O) groups is 3. The van der Waals surface area contributed by atoms with E-state index in [1.165, 1.54) is 30.3 Å². The average molecular weight is 629 g/mol. The van der Waals surface area contributed by atoms with Crippen LogP contribution in [0.25, 0.3) is 0 Å². The molecule has 0 aliphatic carbocycles. The first kappa shape index (κ1) is 35.7. The molecule has 0 aliphatic heterocycles. The third kappa shape index (κ3) is 11.6. The monoisotopic (exact) mass is 628 g/mol. The minimum Gasteiger partial charge on any atom is -0.445 e. The maximum absolute atomic E-state index is 12.4. The van der Waals surface area contributed by atoms with E-state index in [2.05, 4.69) is 39.3 Å². The van der Waals surface area contributed by atoms with Crippen LogP contribution in [-0.4, -0.2) is 35.0 Å². The van der Waals surface area contributed by atoms with Crippen LogP contribution in [0.4, 0.5) is 11.4 Å². The molecule has 2 aromatic carbocycles. The molecule has 3 rings (SSSR count). The van der Waals surface area contributed by atoms with Gasteiger partial charge in [-0.3, -0.25) is 29.3 Å². The van der Waals surface area contributed by atoms with Crippen molar-refractivity contribution in [3.05, 3.63) is 141 Å². The normalized spacial score (nSPS) is 10.8. The number of hydrogen-bond donors (Lipinski definition) is 5. The molecule has 6 N–H and O–H groups in total. The van der Waals surface area contributed by atoms with Gasteiger partial charge in [-0.05, 0) is 24.6 Å². The smallest absolute Gasteiger partial charge is 0.287 e. The number of anilines is 1. The quantitative estimate of drug-likeness (QED) is 0.0370. The number of rotatable bonds is 12. The second-order valence-electron chi connectivity index (χ2n) is 9.18. The third-order valence-electron chi connectivity index (χ3n) is 5.79. The number of amides is 3. The van der Waals surface area contributed by atoms with Gasteiger partial charge in [-0.1, -0.05) is 61.2 Å². The van der Waals surface area contributed by atoms with Crippen LogP contribution >= 0.6 is 0 Å². The molecule has 0 aliphatic rings. The van der Waals surface area contributed by atoms with E-state index >= 15 is 0 Å². The van der Waals surface area contributed by atoms with Crippen LogP contribution in [-0.2, 0) is 11.3 Å². The Bertz CT molecular complexity index is 1730. The van der Waals surface area contributed by atoms with Crippen LogP contribution in [0.15, 0.2) is 117 Å². The number of benzene rings is 2. The summed E-state index contributed by atoms with van der Waals surface area (Å²) in [5, 5.41) is 24.9. The zero-order valence-electron chi connectivity index (χ0n) is 24.8. The van der Waals surface area contributed by atoms with Crippen molar-refractivity contribution in [1.29, 1.82) is 5.53 Å². The summed E-state index contributed by atoms with van der Waals surface area (Å²) in [5.74, 6) is 2.28. The van der Waals surface area contributed by atoms with E-state index < -0.39 is 39.6 Å². The second-order valence-corrected chi connectivity index (χ2v) is 9.18. The Balaban J connectivity index is 0.000000942. The highest BCUT2D eigenvalue weighted by atomic mass is 16.6. The van der Waals surface area contributed by atoms with Crippen molar-refractivity contribution in [2.24, 2.45) is 16.1 Å². The predicted octanol–water partition coefficient (Wildman–Crippen LogP) is 4.19. The molecule has 0 saturated carbocycles. The van der Waals surface area contributed by atoms with E-state index in [0.29, 0.717) is 16.8 Å². The number of hydrazone groups is 1. The fraction of sp³-hybridized carbons (Fsp3) is 0.129. The second kappa shape index (κ2) is 18.2. The van der Waals surface area contributed by atoms with Gasteiger partial charge < -0.3 is 26.2 Å². The molecule has 0 spiro atoms. The number of carbonyl (C=O) groups excluding carboxylic acids is 3. The van der Waals surface area contributed by atoms with Gasteiger partial charge in [0.2, 0.25) is 5.91 Å². The highest BCUT2D eigenvalue weighted by Gasteiger charge is 2.16. The number of hydrogen-bond acceptors (Lipinski definition) is 10. The molecule has 15 heteroatoms. The summed E-state index contributed by atoms with van der Waals surface area (Å²) in [5.41, 5.74) is 8.83. The Morgan fingerprint density at radius 1 is 1.04 bits per heavy atom. The number of allylic oxidation sites excluding steroid dienone is 4. The molecule has 3 amide bonds. The van der Waals surface area contributed by atoms with E-state index in [1.54, 1.807) is 30.4 Å². The maximum Gasteiger partial charge on any atom is 0.287 e. The highest BCUT2D eigenvalue weighted by molar-refractivity contribution is 6.00. The van der Waals surface area contributed by atoms with Gasteiger partial charge in [0, 0.05) is 55.0 Å².